The molecule has 1 fully saturated rings. The number of anilines is 1. The largest absolute Gasteiger partial charge is 0.380 e. The lowest BCUT2D eigenvalue weighted by atomic mass is 10.0. The van der Waals surface area contributed by atoms with Crippen molar-refractivity contribution in [2.24, 2.45) is 0 Å². The molecule has 0 saturated carbocycles. The van der Waals surface area contributed by atoms with Gasteiger partial charge in [0.05, 0.1) is 27.7 Å². The number of aromatic nitrogens is 1. The smallest absolute Gasteiger partial charge is 0.187 e. The Bertz CT molecular complexity index is 1230. The molecule has 1 aliphatic heterocycles. The highest BCUT2D eigenvalue weighted by Crippen LogP contribution is 2.31. The van der Waals surface area contributed by atoms with E-state index >= 15 is 0 Å². The lowest BCUT2D eigenvalue weighted by molar-refractivity contribution is 0.172. The summed E-state index contributed by atoms with van der Waals surface area (Å²) < 4.78 is 67.4. The summed E-state index contributed by atoms with van der Waals surface area (Å²) in [7, 11) is -3.99. The molecule has 11 heteroatoms. The number of nitrogens with zero attached hydrogens (tertiary/aromatic N) is 2. The van der Waals surface area contributed by atoms with Crippen molar-refractivity contribution < 1.29 is 21.6 Å². The predicted molar refractivity (Wildman–Crippen MR) is 118 cm³/mol. The summed E-state index contributed by atoms with van der Waals surface area (Å²) in [6.07, 6.45) is 1.06. The minimum atomic E-state index is -3.99. The molecule has 4 rings (SSSR count). The first-order valence-corrected chi connectivity index (χ1v) is 12.7. The topological polar surface area (TPSA) is 62.3 Å². The first-order chi connectivity index (χ1) is 15.2. The molecule has 170 valence electrons. The fraction of sp³-hybridized carbons (Fsp3) is 0.286. The van der Waals surface area contributed by atoms with Crippen molar-refractivity contribution in [1.82, 2.24) is 9.88 Å². The molecule has 3 aromatic rings. The number of rotatable bonds is 8. The zero-order valence-electron chi connectivity index (χ0n) is 16.7. The SMILES string of the molecule is O=S(=O)(Cc1cscn1)c1cc(Cl)c(NCc2cc(F)c(F)cc2CN2CCC2)cc1F. The van der Waals surface area contributed by atoms with Gasteiger partial charge in [0.2, 0.25) is 0 Å². The Kier molecular flexibility index (Phi) is 6.75. The van der Waals surface area contributed by atoms with E-state index < -0.39 is 37.9 Å². The summed E-state index contributed by atoms with van der Waals surface area (Å²) in [6.45, 7) is 2.31. The minimum Gasteiger partial charge on any atom is -0.380 e. The molecule has 1 aromatic heterocycles. The van der Waals surface area contributed by atoms with Crippen LogP contribution in [0.1, 0.15) is 23.2 Å². The molecule has 2 heterocycles. The number of thiazole rings is 1. The van der Waals surface area contributed by atoms with Crippen LogP contribution < -0.4 is 5.32 Å². The summed E-state index contributed by atoms with van der Waals surface area (Å²) >= 11 is 7.46. The van der Waals surface area contributed by atoms with Crippen LogP contribution in [0.2, 0.25) is 5.02 Å². The Labute approximate surface area is 192 Å². The molecule has 0 radical (unpaired) electrons. The summed E-state index contributed by atoms with van der Waals surface area (Å²) in [4.78, 5) is 5.50. The lowest BCUT2D eigenvalue weighted by Crippen LogP contribution is -2.36. The number of benzene rings is 2. The van der Waals surface area contributed by atoms with Crippen molar-refractivity contribution in [2.75, 3.05) is 18.4 Å². The summed E-state index contributed by atoms with van der Waals surface area (Å²) in [5.41, 5.74) is 3.09. The number of likely N-dealkylation sites (tertiary alicyclic amines) is 1. The normalized spacial score (nSPS) is 14.4. The zero-order valence-corrected chi connectivity index (χ0v) is 19.1. The van der Waals surface area contributed by atoms with Crippen molar-refractivity contribution >= 4 is 38.5 Å². The summed E-state index contributed by atoms with van der Waals surface area (Å²) in [5, 5.41) is 4.48. The van der Waals surface area contributed by atoms with Crippen molar-refractivity contribution in [3.05, 3.63) is 74.5 Å². The van der Waals surface area contributed by atoms with Gasteiger partial charge in [0.15, 0.2) is 21.5 Å². The highest BCUT2D eigenvalue weighted by atomic mass is 35.5. The molecule has 0 atom stereocenters. The average Bonchev–Trinajstić information content (AvgIpc) is 3.20. The van der Waals surface area contributed by atoms with Gasteiger partial charge < -0.3 is 5.32 Å². The van der Waals surface area contributed by atoms with Gasteiger partial charge >= 0.3 is 0 Å². The second-order valence-electron chi connectivity index (χ2n) is 7.52. The highest BCUT2D eigenvalue weighted by Gasteiger charge is 2.23. The van der Waals surface area contributed by atoms with Gasteiger partial charge in [-0.25, -0.2) is 26.6 Å². The Morgan fingerprint density at radius 3 is 2.41 bits per heavy atom. The first kappa shape index (κ1) is 23.0. The first-order valence-electron chi connectivity index (χ1n) is 9.75. The van der Waals surface area contributed by atoms with E-state index in [0.717, 1.165) is 37.7 Å². The van der Waals surface area contributed by atoms with E-state index in [1.54, 1.807) is 5.38 Å². The standard InChI is InChI=1S/C21H19ClF3N3O2S2/c22-16-6-21(32(29,30)11-15-10-31-12-27-15)19(25)7-20(16)26-8-13-4-17(23)18(24)5-14(13)9-28-2-1-3-28/h4-7,10,12,26H,1-3,8-9,11H2. The molecule has 0 bridgehead atoms. The molecule has 0 spiro atoms. The van der Waals surface area contributed by atoms with E-state index in [2.05, 4.69) is 15.2 Å². The van der Waals surface area contributed by atoms with Crippen LogP contribution in [0.4, 0.5) is 18.9 Å². The minimum absolute atomic E-state index is 0.00451. The van der Waals surface area contributed by atoms with Gasteiger partial charge in [0.1, 0.15) is 10.7 Å². The molecule has 0 aliphatic carbocycles. The molecule has 5 nitrogen and oxygen atoms in total. The van der Waals surface area contributed by atoms with E-state index in [1.807, 2.05) is 0 Å². The van der Waals surface area contributed by atoms with Gasteiger partial charge in [-0.1, -0.05) is 11.6 Å². The van der Waals surface area contributed by atoms with Crippen LogP contribution in [0.15, 0.2) is 40.1 Å². The number of halogens is 4. The number of hydrogen-bond donors (Lipinski definition) is 1. The molecule has 0 amide bonds. The maximum Gasteiger partial charge on any atom is 0.187 e. The van der Waals surface area contributed by atoms with Crippen molar-refractivity contribution in [1.29, 1.82) is 0 Å². The summed E-state index contributed by atoms with van der Waals surface area (Å²) in [5.74, 6) is -3.30. The fourth-order valence-corrected chi connectivity index (χ4v) is 5.71. The molecule has 1 aliphatic rings. The Hall–Kier alpha value is -2.14. The van der Waals surface area contributed by atoms with Gasteiger partial charge in [-0.15, -0.1) is 11.3 Å². The Balaban J connectivity index is 1.54. The van der Waals surface area contributed by atoms with E-state index in [-0.39, 0.29) is 17.3 Å². The lowest BCUT2D eigenvalue weighted by Gasteiger charge is -2.31. The third kappa shape index (κ3) is 5.09. The molecule has 1 saturated heterocycles. The number of hydrogen-bond acceptors (Lipinski definition) is 6. The predicted octanol–water partition coefficient (Wildman–Crippen LogP) is 5.01. The molecular weight excluding hydrogens is 483 g/mol. The van der Waals surface area contributed by atoms with Gasteiger partial charge in [-0.05, 0) is 54.9 Å². The van der Waals surface area contributed by atoms with Crippen LogP contribution in [-0.4, -0.2) is 31.4 Å². The molecular formula is C21H19ClF3N3O2S2. The average molecular weight is 502 g/mol. The highest BCUT2D eigenvalue weighted by molar-refractivity contribution is 7.90. The van der Waals surface area contributed by atoms with E-state index in [0.29, 0.717) is 23.4 Å². The third-order valence-corrected chi connectivity index (χ3v) is 7.84. The van der Waals surface area contributed by atoms with Crippen LogP contribution in [0, 0.1) is 17.5 Å². The van der Waals surface area contributed by atoms with Crippen LogP contribution in [0.5, 0.6) is 0 Å². The molecule has 32 heavy (non-hydrogen) atoms. The number of sulfone groups is 1. The second kappa shape index (κ2) is 9.38. The maximum atomic E-state index is 14.7. The van der Waals surface area contributed by atoms with Crippen molar-refractivity contribution in [3.8, 4) is 0 Å². The van der Waals surface area contributed by atoms with Gasteiger partial charge in [0.25, 0.3) is 0 Å². The van der Waals surface area contributed by atoms with Crippen molar-refractivity contribution in [3.63, 3.8) is 0 Å². The Morgan fingerprint density at radius 2 is 1.78 bits per heavy atom. The van der Waals surface area contributed by atoms with Crippen molar-refractivity contribution in [2.45, 2.75) is 30.2 Å². The third-order valence-electron chi connectivity index (χ3n) is 5.23. The van der Waals surface area contributed by atoms with Crippen LogP contribution >= 0.6 is 22.9 Å². The van der Waals surface area contributed by atoms with Crippen LogP contribution in [0.3, 0.4) is 0 Å². The van der Waals surface area contributed by atoms with Crippen LogP contribution in [-0.2, 0) is 28.7 Å². The van der Waals surface area contributed by atoms with Crippen LogP contribution in [0.25, 0.3) is 0 Å². The van der Waals surface area contributed by atoms with E-state index in [1.165, 1.54) is 22.9 Å². The van der Waals surface area contributed by atoms with Gasteiger partial charge in [-0.2, -0.15) is 0 Å². The molecule has 0 unspecified atom stereocenters. The van der Waals surface area contributed by atoms with Gasteiger partial charge in [-0.3, -0.25) is 4.90 Å². The number of nitrogens with one attached hydrogen (secondary N) is 1. The zero-order chi connectivity index (χ0) is 22.9. The second-order valence-corrected chi connectivity index (χ2v) is 10.6. The van der Waals surface area contributed by atoms with E-state index in [4.69, 9.17) is 11.6 Å². The molecule has 2 aromatic carbocycles. The molecule has 1 N–H and O–H groups in total. The van der Waals surface area contributed by atoms with E-state index in [9.17, 15) is 21.6 Å². The fourth-order valence-electron chi connectivity index (χ4n) is 3.40. The Morgan fingerprint density at radius 1 is 1.06 bits per heavy atom. The maximum absolute atomic E-state index is 14.7. The summed E-state index contributed by atoms with van der Waals surface area (Å²) in [6, 6.07) is 4.31. The quantitative estimate of drug-likeness (QED) is 0.470. The van der Waals surface area contributed by atoms with Gasteiger partial charge in [0, 0.05) is 18.5 Å². The monoisotopic (exact) mass is 501 g/mol.